The zero-order valence-corrected chi connectivity index (χ0v) is 10.3. The molecule has 0 aromatic heterocycles. The van der Waals surface area contributed by atoms with Gasteiger partial charge in [0.15, 0.2) is 0 Å². The zero-order chi connectivity index (χ0) is 12.0. The number of aldehydes is 1. The molecular weight excluding hydrogens is 206 g/mol. The molecule has 1 aliphatic carbocycles. The van der Waals surface area contributed by atoms with Crippen molar-refractivity contribution in [1.82, 2.24) is 4.90 Å². The van der Waals surface area contributed by atoms with E-state index >= 15 is 0 Å². The summed E-state index contributed by atoms with van der Waals surface area (Å²) in [4.78, 5) is 12.9. The molecule has 1 aliphatic heterocycles. The molecule has 1 heterocycles. The number of carbonyl (C=O) groups excluding carboxylic acids is 1. The summed E-state index contributed by atoms with van der Waals surface area (Å²) < 4.78 is 5.50. The van der Waals surface area contributed by atoms with E-state index in [-0.39, 0.29) is 11.5 Å². The predicted molar refractivity (Wildman–Crippen MR) is 59.7 cm³/mol. The van der Waals surface area contributed by atoms with Crippen molar-refractivity contribution in [2.24, 2.45) is 5.41 Å². The lowest BCUT2D eigenvalue weighted by Gasteiger charge is -2.32. The number of ether oxygens (including phenoxy) is 1. The monoisotopic (exact) mass is 227 g/mol. The van der Waals surface area contributed by atoms with Crippen LogP contribution in [-0.2, 0) is 9.53 Å². The van der Waals surface area contributed by atoms with E-state index in [0.29, 0.717) is 0 Å². The molecule has 1 saturated heterocycles. The van der Waals surface area contributed by atoms with E-state index in [1.165, 1.54) is 0 Å². The Morgan fingerprint density at radius 1 is 1.44 bits per heavy atom. The molecule has 2 rings (SSSR count). The van der Waals surface area contributed by atoms with Crippen LogP contribution >= 0.6 is 0 Å². The Bertz CT molecular complexity index is 280. The highest BCUT2D eigenvalue weighted by atomic mass is 16.6. The van der Waals surface area contributed by atoms with Crippen LogP contribution in [0.3, 0.4) is 0 Å². The summed E-state index contributed by atoms with van der Waals surface area (Å²) in [5.41, 5.74) is -0.240. The smallest absolute Gasteiger partial charge is 0.217 e. The molecule has 2 fully saturated rings. The third-order valence-electron chi connectivity index (χ3n) is 3.62. The Balaban J connectivity index is 2.01. The molecule has 92 valence electrons. The number of hydrogen-bond donors (Lipinski definition) is 1. The summed E-state index contributed by atoms with van der Waals surface area (Å²) >= 11 is 0. The van der Waals surface area contributed by atoms with Gasteiger partial charge < -0.3 is 14.6 Å². The fourth-order valence-corrected chi connectivity index (χ4v) is 2.55. The Morgan fingerprint density at radius 3 is 2.50 bits per heavy atom. The second kappa shape index (κ2) is 3.79. The third kappa shape index (κ3) is 2.14. The van der Waals surface area contributed by atoms with Gasteiger partial charge in [-0.05, 0) is 45.4 Å². The van der Waals surface area contributed by atoms with Crippen molar-refractivity contribution < 1.29 is 14.6 Å². The van der Waals surface area contributed by atoms with E-state index < -0.39 is 12.0 Å². The topological polar surface area (TPSA) is 49.8 Å². The Labute approximate surface area is 96.6 Å². The summed E-state index contributed by atoms with van der Waals surface area (Å²) in [6, 6.07) is -0.162. The number of aliphatic hydroxyl groups is 1. The summed E-state index contributed by atoms with van der Waals surface area (Å²) in [5, 5.41) is 9.99. The molecule has 4 nitrogen and oxygen atoms in total. The van der Waals surface area contributed by atoms with Crippen molar-refractivity contribution in [3.8, 4) is 0 Å². The van der Waals surface area contributed by atoms with Gasteiger partial charge in [-0.1, -0.05) is 0 Å². The Hall–Kier alpha value is -0.450. The highest BCUT2D eigenvalue weighted by Crippen LogP contribution is 2.56. The summed E-state index contributed by atoms with van der Waals surface area (Å²) in [7, 11) is 0. The van der Waals surface area contributed by atoms with Crippen LogP contribution in [0, 0.1) is 5.41 Å². The van der Waals surface area contributed by atoms with Gasteiger partial charge in [0.1, 0.15) is 6.29 Å². The highest BCUT2D eigenvalue weighted by molar-refractivity contribution is 5.61. The van der Waals surface area contributed by atoms with E-state index in [9.17, 15) is 9.90 Å². The summed E-state index contributed by atoms with van der Waals surface area (Å²) in [5.74, 6) is 0. The normalized spacial score (nSPS) is 30.6. The minimum Gasteiger partial charge on any atom is -0.356 e. The number of carbonyl (C=O) groups is 1. The minimum atomic E-state index is -0.963. The first-order chi connectivity index (χ1) is 7.38. The number of hydrogen-bond acceptors (Lipinski definition) is 4. The molecule has 4 heteroatoms. The zero-order valence-electron chi connectivity index (χ0n) is 10.3. The van der Waals surface area contributed by atoms with Crippen LogP contribution in [0.4, 0.5) is 0 Å². The Morgan fingerprint density at radius 2 is 2.06 bits per heavy atom. The lowest BCUT2D eigenvalue weighted by molar-refractivity contribution is -0.241. The third-order valence-corrected chi connectivity index (χ3v) is 3.62. The molecule has 0 aromatic rings. The molecule has 1 N–H and O–H groups in total. The first kappa shape index (κ1) is 12.0. The summed E-state index contributed by atoms with van der Waals surface area (Å²) in [6.07, 6.45) is 3.22. The van der Waals surface area contributed by atoms with Crippen LogP contribution in [0.1, 0.15) is 40.0 Å². The molecule has 2 unspecified atom stereocenters. The lowest BCUT2D eigenvalue weighted by atomic mass is 9.98. The van der Waals surface area contributed by atoms with Crippen molar-refractivity contribution in [2.45, 2.75) is 58.1 Å². The van der Waals surface area contributed by atoms with Gasteiger partial charge in [-0.3, -0.25) is 0 Å². The van der Waals surface area contributed by atoms with Gasteiger partial charge in [0.05, 0.1) is 11.6 Å². The first-order valence-electron chi connectivity index (χ1n) is 5.95. The van der Waals surface area contributed by atoms with Gasteiger partial charge in [0.25, 0.3) is 0 Å². The molecular formula is C12H21NO3. The highest BCUT2D eigenvalue weighted by Gasteiger charge is 2.57. The molecule has 2 aliphatic rings. The quantitative estimate of drug-likeness (QED) is 0.580. The molecule has 2 atom stereocenters. The maximum absolute atomic E-state index is 11.1. The van der Waals surface area contributed by atoms with E-state index in [1.807, 2.05) is 20.8 Å². The number of nitrogens with zero attached hydrogens (tertiary/aromatic N) is 1. The largest absolute Gasteiger partial charge is 0.356 e. The SMILES string of the molecule is CC(C)(C)OC(O)N1CCC2(CC2)C1C=O. The Kier molecular flexibility index (Phi) is 2.85. The number of aliphatic hydroxyl groups excluding tert-OH is 1. The lowest BCUT2D eigenvalue weighted by Crippen LogP contribution is -2.46. The average molecular weight is 227 g/mol. The first-order valence-corrected chi connectivity index (χ1v) is 5.95. The fraction of sp³-hybridized carbons (Fsp3) is 0.917. The van der Waals surface area contributed by atoms with Crippen LogP contribution in [-0.4, -0.2) is 40.9 Å². The van der Waals surface area contributed by atoms with Crippen molar-refractivity contribution in [2.75, 3.05) is 6.54 Å². The molecule has 0 bridgehead atoms. The van der Waals surface area contributed by atoms with Crippen LogP contribution < -0.4 is 0 Å². The van der Waals surface area contributed by atoms with Crippen LogP contribution in [0.25, 0.3) is 0 Å². The number of rotatable bonds is 3. The van der Waals surface area contributed by atoms with Crippen molar-refractivity contribution in [3.05, 3.63) is 0 Å². The van der Waals surface area contributed by atoms with Gasteiger partial charge >= 0.3 is 0 Å². The second-order valence-electron chi connectivity index (χ2n) is 5.99. The van der Waals surface area contributed by atoms with Gasteiger partial charge in [-0.2, -0.15) is 0 Å². The minimum absolute atomic E-state index is 0.157. The van der Waals surface area contributed by atoms with Gasteiger partial charge in [0.2, 0.25) is 6.41 Å². The van der Waals surface area contributed by atoms with Crippen LogP contribution in [0.2, 0.25) is 0 Å². The molecule has 1 saturated carbocycles. The number of likely N-dealkylation sites (tertiary alicyclic amines) is 1. The van der Waals surface area contributed by atoms with Crippen LogP contribution in [0.15, 0.2) is 0 Å². The van der Waals surface area contributed by atoms with Crippen molar-refractivity contribution in [3.63, 3.8) is 0 Å². The van der Waals surface area contributed by atoms with Gasteiger partial charge in [0, 0.05) is 6.54 Å². The summed E-state index contributed by atoms with van der Waals surface area (Å²) in [6.45, 7) is 6.44. The molecule has 0 radical (unpaired) electrons. The van der Waals surface area contributed by atoms with Gasteiger partial charge in [-0.25, -0.2) is 4.90 Å². The molecule has 0 amide bonds. The maximum atomic E-state index is 11.1. The molecule has 1 spiro atoms. The fourth-order valence-electron chi connectivity index (χ4n) is 2.55. The molecule has 16 heavy (non-hydrogen) atoms. The second-order valence-corrected chi connectivity index (χ2v) is 5.99. The van der Waals surface area contributed by atoms with E-state index in [1.54, 1.807) is 4.90 Å². The van der Waals surface area contributed by atoms with E-state index in [0.717, 1.165) is 32.1 Å². The van der Waals surface area contributed by atoms with Crippen LogP contribution in [0.5, 0.6) is 0 Å². The maximum Gasteiger partial charge on any atom is 0.217 e. The van der Waals surface area contributed by atoms with E-state index in [4.69, 9.17) is 4.74 Å². The predicted octanol–water partition coefficient (Wildman–Crippen LogP) is 1.13. The van der Waals surface area contributed by atoms with E-state index in [2.05, 4.69) is 0 Å². The standard InChI is InChI=1S/C12H21NO3/c1-11(2,3)16-10(15)13-7-6-12(4-5-12)9(13)8-14/h8-10,15H,4-7H2,1-3H3. The van der Waals surface area contributed by atoms with Gasteiger partial charge in [-0.15, -0.1) is 0 Å². The average Bonchev–Trinajstić information content (AvgIpc) is 2.77. The van der Waals surface area contributed by atoms with Crippen molar-refractivity contribution >= 4 is 6.29 Å². The van der Waals surface area contributed by atoms with Crippen molar-refractivity contribution in [1.29, 1.82) is 0 Å². The molecule has 0 aromatic carbocycles.